The molecular weight excluding hydrogens is 214 g/mol. The van der Waals surface area contributed by atoms with Crippen LogP contribution in [0.25, 0.3) is 0 Å². The van der Waals surface area contributed by atoms with Crippen molar-refractivity contribution >= 4 is 0 Å². The van der Waals surface area contributed by atoms with Gasteiger partial charge in [0.15, 0.2) is 0 Å². The van der Waals surface area contributed by atoms with E-state index < -0.39 is 0 Å². The highest BCUT2D eigenvalue weighted by Gasteiger charge is 2.32. The van der Waals surface area contributed by atoms with Crippen molar-refractivity contribution in [1.82, 2.24) is 5.32 Å². The molecule has 0 saturated carbocycles. The highest BCUT2D eigenvalue weighted by Crippen LogP contribution is 2.36. The van der Waals surface area contributed by atoms with Crippen molar-refractivity contribution in [1.29, 1.82) is 0 Å². The maximum atomic E-state index is 9.45. The molecule has 0 aliphatic carbocycles. The summed E-state index contributed by atoms with van der Waals surface area (Å²) in [5, 5.41) is 12.8. The van der Waals surface area contributed by atoms with Crippen molar-refractivity contribution in [2.75, 3.05) is 20.3 Å². The maximum Gasteiger partial charge on any atom is 0.122 e. The Morgan fingerprint density at radius 2 is 2.24 bits per heavy atom. The minimum Gasteiger partial charge on any atom is -0.496 e. The van der Waals surface area contributed by atoms with Crippen LogP contribution in [0.2, 0.25) is 0 Å². The highest BCUT2D eigenvalue weighted by atomic mass is 16.5. The molecule has 0 spiro atoms. The summed E-state index contributed by atoms with van der Waals surface area (Å²) in [6.07, 6.45) is 2.04. The average molecular weight is 235 g/mol. The Morgan fingerprint density at radius 1 is 1.47 bits per heavy atom. The number of aliphatic hydroxyl groups is 1. The van der Waals surface area contributed by atoms with Crippen molar-refractivity contribution in [2.45, 2.75) is 31.2 Å². The van der Waals surface area contributed by atoms with Crippen molar-refractivity contribution < 1.29 is 9.84 Å². The molecule has 17 heavy (non-hydrogen) atoms. The van der Waals surface area contributed by atoms with E-state index in [1.165, 1.54) is 5.56 Å². The predicted molar refractivity (Wildman–Crippen MR) is 68.5 cm³/mol. The summed E-state index contributed by atoms with van der Waals surface area (Å²) in [6, 6.07) is 8.19. The molecule has 2 atom stereocenters. The van der Waals surface area contributed by atoms with Crippen LogP contribution < -0.4 is 10.1 Å². The van der Waals surface area contributed by atoms with Gasteiger partial charge in [-0.1, -0.05) is 18.2 Å². The third kappa shape index (κ3) is 2.61. The molecule has 0 amide bonds. The molecule has 0 radical (unpaired) electrons. The van der Waals surface area contributed by atoms with Crippen molar-refractivity contribution in [3.05, 3.63) is 29.8 Å². The molecule has 1 aromatic rings. The number of para-hydroxylation sites is 1. The maximum absolute atomic E-state index is 9.45. The van der Waals surface area contributed by atoms with Crippen LogP contribution in [0.15, 0.2) is 24.3 Å². The van der Waals surface area contributed by atoms with E-state index in [1.807, 2.05) is 12.1 Å². The van der Waals surface area contributed by atoms with E-state index in [-0.39, 0.29) is 12.1 Å². The Hall–Kier alpha value is -1.06. The second-order valence-electron chi connectivity index (χ2n) is 5.08. The molecule has 1 heterocycles. The highest BCUT2D eigenvalue weighted by molar-refractivity contribution is 5.36. The first kappa shape index (κ1) is 12.4. The molecule has 2 rings (SSSR count). The zero-order valence-electron chi connectivity index (χ0n) is 10.6. The van der Waals surface area contributed by atoms with Gasteiger partial charge in [-0.25, -0.2) is 0 Å². The summed E-state index contributed by atoms with van der Waals surface area (Å²) in [7, 11) is 1.71. The standard InChI is InChI=1S/C14H21NO2/c1-14(10-16)9-11(7-8-15-14)12-5-3-4-6-13(12)17-2/h3-6,11,15-16H,7-10H2,1-2H3. The van der Waals surface area contributed by atoms with Crippen LogP contribution in [-0.2, 0) is 0 Å². The van der Waals surface area contributed by atoms with Crippen molar-refractivity contribution in [3.63, 3.8) is 0 Å². The fourth-order valence-electron chi connectivity index (χ4n) is 2.66. The third-order valence-corrected chi connectivity index (χ3v) is 3.67. The molecule has 0 bridgehead atoms. The molecule has 1 aliphatic heterocycles. The molecule has 1 aliphatic rings. The molecule has 3 nitrogen and oxygen atoms in total. The molecule has 94 valence electrons. The number of ether oxygens (including phenoxy) is 1. The van der Waals surface area contributed by atoms with Gasteiger partial charge in [-0.2, -0.15) is 0 Å². The Labute approximate surface area is 103 Å². The number of hydrogen-bond donors (Lipinski definition) is 2. The minimum absolute atomic E-state index is 0.163. The van der Waals surface area contributed by atoms with Gasteiger partial charge in [0, 0.05) is 5.54 Å². The van der Waals surface area contributed by atoms with Crippen LogP contribution >= 0.6 is 0 Å². The Morgan fingerprint density at radius 3 is 2.94 bits per heavy atom. The van der Waals surface area contributed by atoms with Gasteiger partial charge < -0.3 is 15.2 Å². The number of benzene rings is 1. The number of hydrogen-bond acceptors (Lipinski definition) is 3. The lowest BCUT2D eigenvalue weighted by Gasteiger charge is -2.38. The second-order valence-corrected chi connectivity index (χ2v) is 5.08. The van der Waals surface area contributed by atoms with Crippen LogP contribution in [0.3, 0.4) is 0 Å². The zero-order chi connectivity index (χ0) is 12.3. The summed E-state index contributed by atoms with van der Waals surface area (Å²) in [6.45, 7) is 3.20. The third-order valence-electron chi connectivity index (χ3n) is 3.67. The molecular formula is C14H21NO2. The summed E-state index contributed by atoms with van der Waals surface area (Å²) < 4.78 is 5.42. The van der Waals surface area contributed by atoms with Crippen LogP contribution in [0.4, 0.5) is 0 Å². The fourth-order valence-corrected chi connectivity index (χ4v) is 2.66. The lowest BCUT2D eigenvalue weighted by molar-refractivity contribution is 0.137. The number of methoxy groups -OCH3 is 1. The number of aliphatic hydroxyl groups excluding tert-OH is 1. The number of nitrogens with one attached hydrogen (secondary N) is 1. The monoisotopic (exact) mass is 235 g/mol. The lowest BCUT2D eigenvalue weighted by atomic mass is 9.79. The van der Waals surface area contributed by atoms with Gasteiger partial charge in [-0.3, -0.25) is 0 Å². The van der Waals surface area contributed by atoms with Gasteiger partial charge in [0.1, 0.15) is 5.75 Å². The summed E-state index contributed by atoms with van der Waals surface area (Å²) in [4.78, 5) is 0. The normalized spacial score (nSPS) is 29.0. The fraction of sp³-hybridized carbons (Fsp3) is 0.571. The molecule has 1 saturated heterocycles. The minimum atomic E-state index is -0.163. The van der Waals surface area contributed by atoms with Crippen molar-refractivity contribution in [3.8, 4) is 5.75 Å². The number of rotatable bonds is 3. The first-order valence-electron chi connectivity index (χ1n) is 6.17. The first-order chi connectivity index (χ1) is 8.18. The first-order valence-corrected chi connectivity index (χ1v) is 6.17. The summed E-state index contributed by atoms with van der Waals surface area (Å²) in [5.41, 5.74) is 1.10. The second kappa shape index (κ2) is 5.07. The smallest absolute Gasteiger partial charge is 0.122 e. The Kier molecular flexibility index (Phi) is 3.69. The van der Waals surface area contributed by atoms with Gasteiger partial charge >= 0.3 is 0 Å². The molecule has 3 heteroatoms. The van der Waals surface area contributed by atoms with E-state index >= 15 is 0 Å². The van der Waals surface area contributed by atoms with E-state index in [0.29, 0.717) is 5.92 Å². The van der Waals surface area contributed by atoms with E-state index in [9.17, 15) is 5.11 Å². The van der Waals surface area contributed by atoms with E-state index in [4.69, 9.17) is 4.74 Å². The quantitative estimate of drug-likeness (QED) is 0.841. The molecule has 2 unspecified atom stereocenters. The average Bonchev–Trinajstić information content (AvgIpc) is 2.39. The molecule has 1 fully saturated rings. The predicted octanol–water partition coefficient (Wildman–Crippen LogP) is 1.91. The summed E-state index contributed by atoms with van der Waals surface area (Å²) >= 11 is 0. The zero-order valence-corrected chi connectivity index (χ0v) is 10.6. The van der Waals surface area contributed by atoms with Gasteiger partial charge in [0.05, 0.1) is 13.7 Å². The summed E-state index contributed by atoms with van der Waals surface area (Å²) in [5.74, 6) is 1.42. The van der Waals surface area contributed by atoms with E-state index in [0.717, 1.165) is 25.1 Å². The van der Waals surface area contributed by atoms with Crippen LogP contribution in [-0.4, -0.2) is 30.9 Å². The largest absolute Gasteiger partial charge is 0.496 e. The Bertz CT molecular complexity index is 380. The molecule has 1 aromatic carbocycles. The van der Waals surface area contributed by atoms with Crippen molar-refractivity contribution in [2.24, 2.45) is 0 Å². The van der Waals surface area contributed by atoms with Gasteiger partial charge in [0.25, 0.3) is 0 Å². The van der Waals surface area contributed by atoms with Crippen LogP contribution in [0.1, 0.15) is 31.2 Å². The Balaban J connectivity index is 2.22. The van der Waals surface area contributed by atoms with Crippen LogP contribution in [0.5, 0.6) is 5.75 Å². The van der Waals surface area contributed by atoms with Gasteiger partial charge in [-0.05, 0) is 43.9 Å². The van der Waals surface area contributed by atoms with Gasteiger partial charge in [-0.15, -0.1) is 0 Å². The SMILES string of the molecule is COc1ccccc1C1CCNC(C)(CO)C1. The van der Waals surface area contributed by atoms with E-state index in [1.54, 1.807) is 7.11 Å². The molecule has 0 aromatic heterocycles. The van der Waals surface area contributed by atoms with Crippen LogP contribution in [0, 0.1) is 0 Å². The number of piperidine rings is 1. The lowest BCUT2D eigenvalue weighted by Crippen LogP contribution is -2.50. The topological polar surface area (TPSA) is 41.5 Å². The van der Waals surface area contributed by atoms with E-state index in [2.05, 4.69) is 24.4 Å². The van der Waals surface area contributed by atoms with Gasteiger partial charge in [0.2, 0.25) is 0 Å². The molecule has 2 N–H and O–H groups in total.